The standard InChI is InChI=1S/C20H33N3O/c1-4-22-11-13-23(14-12-22)16-19-8-6-18(7-9-19)15-21-20(24)10-5-17(2)3/h6-9,17H,4-5,10-16H2,1-3H3,(H,21,24). The van der Waals surface area contributed by atoms with Crippen LogP contribution in [-0.2, 0) is 17.9 Å². The monoisotopic (exact) mass is 331 g/mol. The van der Waals surface area contributed by atoms with Crippen molar-refractivity contribution in [3.05, 3.63) is 35.4 Å². The quantitative estimate of drug-likeness (QED) is 0.795. The number of benzene rings is 1. The second-order valence-electron chi connectivity index (χ2n) is 7.24. The molecule has 0 radical (unpaired) electrons. The number of carbonyl (C=O) groups excluding carboxylic acids is 1. The van der Waals surface area contributed by atoms with Crippen molar-refractivity contribution in [2.75, 3.05) is 32.7 Å². The van der Waals surface area contributed by atoms with Gasteiger partial charge in [-0.2, -0.15) is 0 Å². The predicted molar refractivity (Wildman–Crippen MR) is 99.8 cm³/mol. The fourth-order valence-corrected chi connectivity index (χ4v) is 2.99. The zero-order chi connectivity index (χ0) is 17.4. The fourth-order valence-electron chi connectivity index (χ4n) is 2.99. The Kier molecular flexibility index (Phi) is 7.73. The Balaban J connectivity index is 1.72. The molecular formula is C20H33N3O. The van der Waals surface area contributed by atoms with Crippen molar-refractivity contribution >= 4 is 5.91 Å². The summed E-state index contributed by atoms with van der Waals surface area (Å²) in [5, 5.41) is 3.01. The lowest BCUT2D eigenvalue weighted by Gasteiger charge is -2.34. The summed E-state index contributed by atoms with van der Waals surface area (Å²) < 4.78 is 0. The normalized spacial score (nSPS) is 16.5. The van der Waals surface area contributed by atoms with Gasteiger partial charge in [-0.05, 0) is 30.0 Å². The summed E-state index contributed by atoms with van der Waals surface area (Å²) in [4.78, 5) is 16.8. The van der Waals surface area contributed by atoms with Crippen LogP contribution in [0, 0.1) is 5.92 Å². The Morgan fingerprint density at radius 3 is 2.21 bits per heavy atom. The maximum absolute atomic E-state index is 11.8. The highest BCUT2D eigenvalue weighted by Crippen LogP contribution is 2.10. The SMILES string of the molecule is CCN1CCN(Cc2ccc(CNC(=O)CCC(C)C)cc2)CC1. The van der Waals surface area contributed by atoms with E-state index in [1.165, 1.54) is 24.2 Å². The van der Waals surface area contributed by atoms with Crippen molar-refractivity contribution in [1.29, 1.82) is 0 Å². The molecule has 4 nitrogen and oxygen atoms in total. The number of rotatable bonds is 8. The maximum Gasteiger partial charge on any atom is 0.220 e. The van der Waals surface area contributed by atoms with Crippen LogP contribution in [0.4, 0.5) is 0 Å². The van der Waals surface area contributed by atoms with Gasteiger partial charge in [-0.15, -0.1) is 0 Å². The molecule has 0 aromatic heterocycles. The van der Waals surface area contributed by atoms with E-state index in [1.807, 2.05) is 0 Å². The molecule has 1 N–H and O–H groups in total. The molecule has 1 aliphatic heterocycles. The Morgan fingerprint density at radius 2 is 1.62 bits per heavy atom. The van der Waals surface area contributed by atoms with Gasteiger partial charge in [0.1, 0.15) is 0 Å². The number of hydrogen-bond acceptors (Lipinski definition) is 3. The third-order valence-corrected chi connectivity index (χ3v) is 4.78. The second kappa shape index (κ2) is 9.80. The topological polar surface area (TPSA) is 35.6 Å². The van der Waals surface area contributed by atoms with Gasteiger partial charge in [-0.3, -0.25) is 9.69 Å². The molecule has 1 saturated heterocycles. The van der Waals surface area contributed by atoms with Gasteiger partial charge in [0.25, 0.3) is 0 Å². The number of amides is 1. The minimum absolute atomic E-state index is 0.154. The number of likely N-dealkylation sites (N-methyl/N-ethyl adjacent to an activating group) is 1. The first-order valence-electron chi connectivity index (χ1n) is 9.36. The average molecular weight is 332 g/mol. The van der Waals surface area contributed by atoms with Crippen molar-refractivity contribution < 1.29 is 4.79 Å². The van der Waals surface area contributed by atoms with Crippen molar-refractivity contribution in [2.45, 2.75) is 46.7 Å². The van der Waals surface area contributed by atoms with Crippen LogP contribution in [0.5, 0.6) is 0 Å². The van der Waals surface area contributed by atoms with Gasteiger partial charge < -0.3 is 10.2 Å². The molecule has 1 aliphatic rings. The van der Waals surface area contributed by atoms with Gasteiger partial charge in [-0.25, -0.2) is 0 Å². The summed E-state index contributed by atoms with van der Waals surface area (Å²) in [6.07, 6.45) is 1.58. The molecule has 1 fully saturated rings. The third-order valence-electron chi connectivity index (χ3n) is 4.78. The first-order valence-corrected chi connectivity index (χ1v) is 9.36. The van der Waals surface area contributed by atoms with Crippen LogP contribution in [0.2, 0.25) is 0 Å². The molecular weight excluding hydrogens is 298 g/mol. The molecule has 4 heteroatoms. The Hall–Kier alpha value is -1.39. The average Bonchev–Trinajstić information content (AvgIpc) is 2.60. The fraction of sp³-hybridized carbons (Fsp3) is 0.650. The lowest BCUT2D eigenvalue weighted by atomic mass is 10.1. The van der Waals surface area contributed by atoms with Gasteiger partial charge in [0.2, 0.25) is 5.91 Å². The van der Waals surface area contributed by atoms with Crippen LogP contribution in [0.1, 0.15) is 44.7 Å². The first-order chi connectivity index (χ1) is 11.6. The third kappa shape index (κ3) is 6.62. The summed E-state index contributed by atoms with van der Waals surface area (Å²) in [6.45, 7) is 14.0. The summed E-state index contributed by atoms with van der Waals surface area (Å²) in [7, 11) is 0. The van der Waals surface area contributed by atoms with E-state index in [4.69, 9.17) is 0 Å². The molecule has 1 amide bonds. The van der Waals surface area contributed by atoms with E-state index in [1.54, 1.807) is 0 Å². The minimum atomic E-state index is 0.154. The molecule has 0 aliphatic carbocycles. The number of piperazine rings is 1. The largest absolute Gasteiger partial charge is 0.352 e. The highest BCUT2D eigenvalue weighted by Gasteiger charge is 2.15. The molecule has 0 spiro atoms. The van der Waals surface area contributed by atoms with E-state index in [9.17, 15) is 4.79 Å². The van der Waals surface area contributed by atoms with E-state index < -0.39 is 0 Å². The van der Waals surface area contributed by atoms with Crippen molar-refractivity contribution in [3.63, 3.8) is 0 Å². The molecule has 24 heavy (non-hydrogen) atoms. The zero-order valence-electron chi connectivity index (χ0n) is 15.6. The van der Waals surface area contributed by atoms with Crippen LogP contribution in [0.15, 0.2) is 24.3 Å². The van der Waals surface area contributed by atoms with E-state index in [0.717, 1.165) is 32.6 Å². The molecule has 0 atom stereocenters. The first kappa shape index (κ1) is 18.9. The van der Waals surface area contributed by atoms with E-state index in [-0.39, 0.29) is 5.91 Å². The van der Waals surface area contributed by atoms with Crippen LogP contribution in [0.3, 0.4) is 0 Å². The second-order valence-corrected chi connectivity index (χ2v) is 7.24. The lowest BCUT2D eigenvalue weighted by Crippen LogP contribution is -2.45. The highest BCUT2D eigenvalue weighted by molar-refractivity contribution is 5.75. The number of carbonyl (C=O) groups is 1. The zero-order valence-corrected chi connectivity index (χ0v) is 15.6. The summed E-state index contributed by atoms with van der Waals surface area (Å²) in [5.41, 5.74) is 2.53. The van der Waals surface area contributed by atoms with Gasteiger partial charge in [0.05, 0.1) is 0 Å². The Bertz CT molecular complexity index is 490. The van der Waals surface area contributed by atoms with E-state index in [2.05, 4.69) is 60.2 Å². The number of hydrogen-bond donors (Lipinski definition) is 1. The van der Waals surface area contributed by atoms with Gasteiger partial charge in [0, 0.05) is 45.7 Å². The van der Waals surface area contributed by atoms with Crippen molar-refractivity contribution in [2.24, 2.45) is 5.92 Å². The van der Waals surface area contributed by atoms with Crippen molar-refractivity contribution in [3.8, 4) is 0 Å². The number of nitrogens with one attached hydrogen (secondary N) is 1. The van der Waals surface area contributed by atoms with Crippen LogP contribution in [0.25, 0.3) is 0 Å². The minimum Gasteiger partial charge on any atom is -0.352 e. The molecule has 0 saturated carbocycles. The Labute approximate surface area is 147 Å². The van der Waals surface area contributed by atoms with Gasteiger partial charge >= 0.3 is 0 Å². The smallest absolute Gasteiger partial charge is 0.220 e. The lowest BCUT2D eigenvalue weighted by molar-refractivity contribution is -0.121. The Morgan fingerprint density at radius 1 is 1.04 bits per heavy atom. The summed E-state index contributed by atoms with van der Waals surface area (Å²) in [6, 6.07) is 8.67. The summed E-state index contributed by atoms with van der Waals surface area (Å²) >= 11 is 0. The van der Waals surface area contributed by atoms with Crippen LogP contribution >= 0.6 is 0 Å². The molecule has 1 aromatic carbocycles. The van der Waals surface area contributed by atoms with Gasteiger partial charge in [-0.1, -0.05) is 45.0 Å². The molecule has 1 heterocycles. The van der Waals surface area contributed by atoms with Crippen molar-refractivity contribution in [1.82, 2.24) is 15.1 Å². The van der Waals surface area contributed by atoms with Crippen LogP contribution in [-0.4, -0.2) is 48.4 Å². The molecule has 0 bridgehead atoms. The highest BCUT2D eigenvalue weighted by atomic mass is 16.1. The van der Waals surface area contributed by atoms with E-state index >= 15 is 0 Å². The van der Waals surface area contributed by atoms with Gasteiger partial charge in [0.15, 0.2) is 0 Å². The maximum atomic E-state index is 11.8. The van der Waals surface area contributed by atoms with E-state index in [0.29, 0.717) is 18.9 Å². The molecule has 134 valence electrons. The molecule has 1 aromatic rings. The molecule has 2 rings (SSSR count). The van der Waals surface area contributed by atoms with Crippen LogP contribution < -0.4 is 5.32 Å². The molecule has 0 unspecified atom stereocenters. The number of nitrogens with zero attached hydrogens (tertiary/aromatic N) is 2. The predicted octanol–water partition coefficient (Wildman–Crippen LogP) is 2.88. The summed E-state index contributed by atoms with van der Waals surface area (Å²) in [5.74, 6) is 0.732.